The van der Waals surface area contributed by atoms with Gasteiger partial charge in [0.05, 0.1) is 23.5 Å². The van der Waals surface area contributed by atoms with Crippen molar-refractivity contribution in [2.45, 2.75) is 63.9 Å². The average molecular weight is 389 g/mol. The van der Waals surface area contributed by atoms with Crippen molar-refractivity contribution >= 4 is 12.4 Å². The van der Waals surface area contributed by atoms with E-state index in [-0.39, 0.29) is 18.8 Å². The molecule has 0 bridgehead atoms. The quantitative estimate of drug-likeness (QED) is 0.540. The van der Waals surface area contributed by atoms with Crippen molar-refractivity contribution in [1.29, 1.82) is 5.26 Å². The second kappa shape index (κ2) is 10.0. The minimum atomic E-state index is 0.223. The lowest BCUT2D eigenvalue weighted by Gasteiger charge is -2.43. The number of aliphatic imine (C=N–C) groups is 1. The molecule has 2 atom stereocenters. The highest BCUT2D eigenvalue weighted by Gasteiger charge is 2.36. The van der Waals surface area contributed by atoms with Crippen molar-refractivity contribution in [2.24, 2.45) is 4.99 Å². The van der Waals surface area contributed by atoms with Crippen LogP contribution >= 0.6 is 0 Å². The average Bonchev–Trinajstić information content (AvgIpc) is 2.68. The summed E-state index contributed by atoms with van der Waals surface area (Å²) in [5.74, 6) is 2.36. The minimum absolute atomic E-state index is 0.223. The van der Waals surface area contributed by atoms with Crippen LogP contribution in [0.5, 0.6) is 0 Å². The number of pyridine rings is 1. The molecule has 1 aromatic rings. The molecule has 3 rings (SSSR count). The highest BCUT2D eigenvalue weighted by Crippen LogP contribution is 2.36. The summed E-state index contributed by atoms with van der Waals surface area (Å²) in [6, 6.07) is 5.13. The Labute approximate surface area is 175 Å². The van der Waals surface area contributed by atoms with E-state index in [4.69, 9.17) is 10.2 Å². The van der Waals surface area contributed by atoms with Gasteiger partial charge in [0.1, 0.15) is 0 Å². The summed E-state index contributed by atoms with van der Waals surface area (Å²) in [5, 5.41) is 12.6. The van der Waals surface area contributed by atoms with Crippen molar-refractivity contribution in [1.82, 2.24) is 15.2 Å². The Bertz CT molecular complexity index is 806. The molecule has 0 aliphatic carbocycles. The summed E-state index contributed by atoms with van der Waals surface area (Å²) in [6.07, 6.45) is 8.79. The van der Waals surface area contributed by atoms with Gasteiger partial charge in [-0.15, -0.1) is 0 Å². The summed E-state index contributed by atoms with van der Waals surface area (Å²) in [4.78, 5) is 11.9. The maximum atomic E-state index is 9.00. The van der Waals surface area contributed by atoms with Crippen LogP contribution in [0, 0.1) is 18.2 Å². The first-order valence-electron chi connectivity index (χ1n) is 10.7. The van der Waals surface area contributed by atoms with Gasteiger partial charge in [0, 0.05) is 31.5 Å². The van der Waals surface area contributed by atoms with Gasteiger partial charge < -0.3 is 5.32 Å². The maximum absolute atomic E-state index is 9.00. The molecule has 2 aliphatic rings. The van der Waals surface area contributed by atoms with Gasteiger partial charge in [0.2, 0.25) is 0 Å². The monoisotopic (exact) mass is 389 g/mol. The van der Waals surface area contributed by atoms with Crippen LogP contribution in [0.1, 0.15) is 43.5 Å². The first-order valence-corrected chi connectivity index (χ1v) is 10.7. The van der Waals surface area contributed by atoms with Gasteiger partial charge in [0.15, 0.2) is 0 Å². The molecule has 5 nitrogen and oxygen atoms in total. The van der Waals surface area contributed by atoms with Crippen molar-refractivity contribution in [3.63, 3.8) is 0 Å². The normalized spacial score (nSPS) is 23.3. The molecule has 2 fully saturated rings. The molecule has 0 amide bonds. The van der Waals surface area contributed by atoms with E-state index in [1.54, 1.807) is 6.20 Å². The number of hydrogen-bond acceptors (Lipinski definition) is 5. The zero-order valence-corrected chi connectivity index (χ0v) is 17.8. The van der Waals surface area contributed by atoms with Crippen molar-refractivity contribution < 1.29 is 0 Å². The van der Waals surface area contributed by atoms with Gasteiger partial charge in [-0.05, 0) is 69.0 Å². The second-order valence-electron chi connectivity index (χ2n) is 8.33. The van der Waals surface area contributed by atoms with E-state index >= 15 is 0 Å². The fourth-order valence-corrected chi connectivity index (χ4v) is 4.67. The number of aromatic nitrogens is 1. The lowest BCUT2D eigenvalue weighted by Crippen LogP contribution is -2.52. The van der Waals surface area contributed by atoms with Gasteiger partial charge in [-0.2, -0.15) is 0 Å². The largest absolute Gasteiger partial charge is 0.314 e. The standard InChI is InChI=1S/C23H32BN5/c1-5-26-22(17(2)3)20-9-6-10-21(23-18(4)8-7-11-28-23)29(20)13-12-27-19-14-24(15-19)16-25/h5,7-8,11,19-21,27H,1-2,6,9-10,12-15H2,3-4H3. The molecule has 2 unspecified atom stereocenters. The van der Waals surface area contributed by atoms with Crippen LogP contribution in [0.2, 0.25) is 12.6 Å². The molecular weight excluding hydrogens is 357 g/mol. The fraction of sp³-hybridized carbons (Fsp3) is 0.522. The molecule has 0 radical (unpaired) electrons. The minimum Gasteiger partial charge on any atom is -0.314 e. The third kappa shape index (κ3) is 5.04. The SMILES string of the molecule is C=CN=C(C(=C)C)C1CCCC(c2ncccc2C)N1CCNC1CB(C#N)C1. The van der Waals surface area contributed by atoms with E-state index in [0.29, 0.717) is 6.04 Å². The highest BCUT2D eigenvalue weighted by molar-refractivity contribution is 6.70. The van der Waals surface area contributed by atoms with E-state index in [1.165, 1.54) is 11.3 Å². The Morgan fingerprint density at radius 1 is 1.48 bits per heavy atom. The van der Waals surface area contributed by atoms with E-state index in [9.17, 15) is 0 Å². The predicted molar refractivity (Wildman–Crippen MR) is 121 cm³/mol. The van der Waals surface area contributed by atoms with E-state index in [1.807, 2.05) is 19.2 Å². The maximum Gasteiger partial charge on any atom is 0.270 e. The van der Waals surface area contributed by atoms with Gasteiger partial charge in [-0.25, -0.2) is 5.26 Å². The van der Waals surface area contributed by atoms with Crippen LogP contribution in [-0.2, 0) is 0 Å². The summed E-state index contributed by atoms with van der Waals surface area (Å²) in [7, 11) is 0. The highest BCUT2D eigenvalue weighted by atomic mass is 15.2. The van der Waals surface area contributed by atoms with Crippen LogP contribution in [0.15, 0.2) is 48.3 Å². The van der Waals surface area contributed by atoms with Crippen LogP contribution in [0.3, 0.4) is 0 Å². The fourth-order valence-electron chi connectivity index (χ4n) is 4.67. The van der Waals surface area contributed by atoms with Gasteiger partial charge >= 0.3 is 0 Å². The van der Waals surface area contributed by atoms with Crippen molar-refractivity contribution in [3.8, 4) is 5.97 Å². The number of aryl methyl sites for hydroxylation is 1. The number of hydrogen-bond donors (Lipinski definition) is 1. The summed E-state index contributed by atoms with van der Waals surface area (Å²) in [6.45, 7) is 14.2. The Morgan fingerprint density at radius 3 is 2.93 bits per heavy atom. The van der Waals surface area contributed by atoms with Gasteiger partial charge in [0.25, 0.3) is 6.71 Å². The van der Waals surface area contributed by atoms with Crippen LogP contribution in [0.25, 0.3) is 0 Å². The van der Waals surface area contributed by atoms with Gasteiger partial charge in [-0.1, -0.05) is 19.2 Å². The number of rotatable bonds is 8. The lowest BCUT2D eigenvalue weighted by molar-refractivity contribution is 0.115. The Hall–Kier alpha value is -2.23. The van der Waals surface area contributed by atoms with E-state index in [0.717, 1.165) is 56.3 Å². The number of nitrogens with one attached hydrogen (secondary N) is 1. The predicted octanol–water partition coefficient (Wildman–Crippen LogP) is 3.98. The molecule has 152 valence electrons. The summed E-state index contributed by atoms with van der Waals surface area (Å²) < 4.78 is 0. The molecule has 29 heavy (non-hydrogen) atoms. The molecule has 2 saturated heterocycles. The zero-order chi connectivity index (χ0) is 20.8. The smallest absolute Gasteiger partial charge is 0.270 e. The molecule has 0 aromatic carbocycles. The summed E-state index contributed by atoms with van der Waals surface area (Å²) in [5.41, 5.74) is 4.45. The first-order chi connectivity index (χ1) is 14.0. The number of nitrogens with zero attached hydrogens (tertiary/aromatic N) is 4. The molecule has 6 heteroatoms. The molecule has 3 heterocycles. The third-order valence-electron chi connectivity index (χ3n) is 6.23. The number of piperidine rings is 1. The van der Waals surface area contributed by atoms with Gasteiger partial charge in [-0.3, -0.25) is 14.9 Å². The Morgan fingerprint density at radius 2 is 2.28 bits per heavy atom. The third-order valence-corrected chi connectivity index (χ3v) is 6.23. The number of nitriles is 1. The van der Waals surface area contributed by atoms with Crippen LogP contribution in [-0.4, -0.2) is 47.5 Å². The first kappa shape index (κ1) is 21.5. The second-order valence-corrected chi connectivity index (χ2v) is 8.33. The van der Waals surface area contributed by atoms with Crippen molar-refractivity contribution in [3.05, 3.63) is 54.5 Å². The lowest BCUT2D eigenvalue weighted by atomic mass is 9.34. The molecule has 1 aromatic heterocycles. The number of likely N-dealkylation sites (tertiary alicyclic amines) is 1. The van der Waals surface area contributed by atoms with E-state index in [2.05, 4.69) is 47.3 Å². The molecule has 0 saturated carbocycles. The molecular formula is C23H32BN5. The Kier molecular flexibility index (Phi) is 7.41. The van der Waals surface area contributed by atoms with Crippen molar-refractivity contribution in [2.75, 3.05) is 13.1 Å². The van der Waals surface area contributed by atoms with E-state index < -0.39 is 0 Å². The van der Waals surface area contributed by atoms with Crippen LogP contribution in [0.4, 0.5) is 0 Å². The molecule has 0 spiro atoms. The topological polar surface area (TPSA) is 64.3 Å². The Balaban J connectivity index is 1.80. The van der Waals surface area contributed by atoms with Crippen LogP contribution < -0.4 is 5.32 Å². The summed E-state index contributed by atoms with van der Waals surface area (Å²) >= 11 is 0. The zero-order valence-electron chi connectivity index (χ0n) is 17.8. The molecule has 2 aliphatic heterocycles. The molecule has 1 N–H and O–H groups in total.